The van der Waals surface area contributed by atoms with Gasteiger partial charge in [-0.1, -0.05) is 39.7 Å². The molecule has 0 aliphatic heterocycles. The van der Waals surface area contributed by atoms with Gasteiger partial charge in [-0.15, -0.1) is 0 Å². The van der Waals surface area contributed by atoms with Crippen LogP contribution in [0.4, 0.5) is 0 Å². The highest BCUT2D eigenvalue weighted by molar-refractivity contribution is 9.10. The Morgan fingerprint density at radius 1 is 1.39 bits per heavy atom. The molecular formula is C16H14BrClN2O3. The van der Waals surface area contributed by atoms with Gasteiger partial charge in [0.1, 0.15) is 0 Å². The van der Waals surface area contributed by atoms with Gasteiger partial charge in [0.05, 0.1) is 19.7 Å². The number of hydrogen-bond acceptors (Lipinski definition) is 4. The monoisotopic (exact) mass is 396 g/mol. The molecule has 2 aromatic carbocycles. The molecule has 2 rings (SSSR count). The highest BCUT2D eigenvalue weighted by Crippen LogP contribution is 2.32. The maximum Gasteiger partial charge on any atom is 0.244 e. The van der Waals surface area contributed by atoms with Crippen molar-refractivity contribution in [3.63, 3.8) is 0 Å². The molecule has 0 saturated carbocycles. The molecule has 0 fully saturated rings. The molecule has 0 unspecified atom stereocenters. The maximum absolute atomic E-state index is 11.8. The van der Waals surface area contributed by atoms with Gasteiger partial charge in [0, 0.05) is 21.1 Å². The third kappa shape index (κ3) is 4.97. The fourth-order valence-electron chi connectivity index (χ4n) is 1.85. The van der Waals surface area contributed by atoms with Gasteiger partial charge in [-0.05, 0) is 23.8 Å². The molecule has 7 heteroatoms. The number of aromatic hydroxyl groups is 1. The van der Waals surface area contributed by atoms with Crippen molar-refractivity contribution in [3.8, 4) is 11.5 Å². The highest BCUT2D eigenvalue weighted by Gasteiger charge is 2.08. The van der Waals surface area contributed by atoms with E-state index in [4.69, 9.17) is 16.3 Å². The average molecular weight is 398 g/mol. The predicted molar refractivity (Wildman–Crippen MR) is 93.3 cm³/mol. The van der Waals surface area contributed by atoms with Crippen LogP contribution in [0, 0.1) is 0 Å². The van der Waals surface area contributed by atoms with E-state index in [-0.39, 0.29) is 23.8 Å². The first-order valence-electron chi connectivity index (χ1n) is 6.62. The Labute approximate surface area is 147 Å². The Kier molecular flexibility index (Phi) is 6.01. The molecule has 0 atom stereocenters. The third-order valence-electron chi connectivity index (χ3n) is 2.96. The Hall–Kier alpha value is -2.05. The quantitative estimate of drug-likeness (QED) is 0.599. The highest BCUT2D eigenvalue weighted by atomic mass is 79.9. The minimum Gasteiger partial charge on any atom is -0.504 e. The number of phenolic OH excluding ortho intramolecular Hbond substituents is 1. The van der Waals surface area contributed by atoms with E-state index in [1.54, 1.807) is 0 Å². The van der Waals surface area contributed by atoms with E-state index in [1.807, 2.05) is 24.3 Å². The van der Waals surface area contributed by atoms with E-state index in [0.29, 0.717) is 10.6 Å². The number of carbonyl (C=O) groups excluding carboxylic acids is 1. The van der Waals surface area contributed by atoms with Crippen LogP contribution < -0.4 is 10.2 Å². The molecule has 0 aromatic heterocycles. The van der Waals surface area contributed by atoms with Gasteiger partial charge >= 0.3 is 0 Å². The lowest BCUT2D eigenvalue weighted by Gasteiger charge is -2.06. The summed E-state index contributed by atoms with van der Waals surface area (Å²) < 4.78 is 5.94. The molecule has 0 radical (unpaired) electrons. The lowest BCUT2D eigenvalue weighted by atomic mass is 10.1. The van der Waals surface area contributed by atoms with Crippen LogP contribution >= 0.6 is 27.5 Å². The normalized spacial score (nSPS) is 10.7. The zero-order valence-electron chi connectivity index (χ0n) is 12.2. The number of nitrogens with one attached hydrogen (secondary N) is 1. The predicted octanol–water partition coefficient (Wildman–Crippen LogP) is 3.51. The van der Waals surface area contributed by atoms with Crippen molar-refractivity contribution in [2.24, 2.45) is 5.10 Å². The summed E-state index contributed by atoms with van der Waals surface area (Å²) in [6.45, 7) is 0. The third-order valence-corrected chi connectivity index (χ3v) is 3.71. The summed E-state index contributed by atoms with van der Waals surface area (Å²) >= 11 is 9.25. The van der Waals surface area contributed by atoms with Gasteiger partial charge in [0.25, 0.3) is 0 Å². The van der Waals surface area contributed by atoms with Crippen LogP contribution in [0.1, 0.15) is 11.1 Å². The number of methoxy groups -OCH3 is 1. The van der Waals surface area contributed by atoms with Crippen molar-refractivity contribution >= 4 is 39.7 Å². The number of hydrazone groups is 1. The van der Waals surface area contributed by atoms with E-state index in [1.165, 1.54) is 25.5 Å². The van der Waals surface area contributed by atoms with Crippen molar-refractivity contribution in [2.75, 3.05) is 7.11 Å². The van der Waals surface area contributed by atoms with Crippen LogP contribution in [0.5, 0.6) is 11.5 Å². The maximum atomic E-state index is 11.8. The van der Waals surface area contributed by atoms with E-state index in [0.717, 1.165) is 10.0 Å². The van der Waals surface area contributed by atoms with Gasteiger partial charge in [-0.25, -0.2) is 5.43 Å². The minimum atomic E-state index is -0.267. The molecule has 2 N–H and O–H groups in total. The zero-order chi connectivity index (χ0) is 16.8. The number of hydrogen-bond donors (Lipinski definition) is 2. The first-order chi connectivity index (χ1) is 11.0. The molecule has 23 heavy (non-hydrogen) atoms. The lowest BCUT2D eigenvalue weighted by Crippen LogP contribution is -2.19. The van der Waals surface area contributed by atoms with Crippen molar-refractivity contribution in [1.29, 1.82) is 0 Å². The number of rotatable bonds is 5. The van der Waals surface area contributed by atoms with E-state index < -0.39 is 0 Å². The number of halogens is 2. The largest absolute Gasteiger partial charge is 0.504 e. The summed E-state index contributed by atoms with van der Waals surface area (Å²) in [5.41, 5.74) is 3.62. The Bertz CT molecular complexity index is 733. The van der Waals surface area contributed by atoms with Crippen molar-refractivity contribution in [1.82, 2.24) is 5.43 Å². The summed E-state index contributed by atoms with van der Waals surface area (Å²) in [6, 6.07) is 10.4. The topological polar surface area (TPSA) is 70.9 Å². The van der Waals surface area contributed by atoms with Crippen LogP contribution in [-0.4, -0.2) is 24.3 Å². The smallest absolute Gasteiger partial charge is 0.244 e. The number of carbonyl (C=O) groups is 1. The van der Waals surface area contributed by atoms with Crippen LogP contribution in [0.2, 0.25) is 5.02 Å². The Morgan fingerprint density at radius 3 is 2.74 bits per heavy atom. The molecule has 1 amide bonds. The second-order valence-corrected chi connectivity index (χ2v) is 5.99. The molecule has 0 heterocycles. The first-order valence-corrected chi connectivity index (χ1v) is 7.79. The first kappa shape index (κ1) is 17.3. The standard InChI is InChI=1S/C16H14BrClN2O3/c1-23-14-8-13(18)7-11(16(14)22)9-19-20-15(21)6-10-2-4-12(17)5-3-10/h2-5,7-9,22H,6H2,1H3,(H,20,21)/b19-9-. The molecule has 5 nitrogen and oxygen atoms in total. The second-order valence-electron chi connectivity index (χ2n) is 4.64. The molecule has 0 saturated heterocycles. The van der Waals surface area contributed by atoms with E-state index >= 15 is 0 Å². The van der Waals surface area contributed by atoms with Crippen LogP contribution in [-0.2, 0) is 11.2 Å². The van der Waals surface area contributed by atoms with E-state index in [9.17, 15) is 9.90 Å². The second kappa shape index (κ2) is 7.99. The molecule has 120 valence electrons. The molecule has 0 spiro atoms. The van der Waals surface area contributed by atoms with Crippen LogP contribution in [0.15, 0.2) is 46.0 Å². The number of ether oxygens (including phenoxy) is 1. The SMILES string of the molecule is COc1cc(Cl)cc(/C=N\NC(=O)Cc2ccc(Br)cc2)c1O. The number of amides is 1. The molecular weight excluding hydrogens is 384 g/mol. The zero-order valence-corrected chi connectivity index (χ0v) is 14.6. The molecule has 2 aromatic rings. The summed E-state index contributed by atoms with van der Waals surface area (Å²) in [6.07, 6.45) is 1.51. The van der Waals surface area contributed by atoms with Crippen molar-refractivity contribution in [2.45, 2.75) is 6.42 Å². The van der Waals surface area contributed by atoms with E-state index in [2.05, 4.69) is 26.5 Å². The minimum absolute atomic E-state index is 0.0946. The fourth-order valence-corrected chi connectivity index (χ4v) is 2.33. The summed E-state index contributed by atoms with van der Waals surface area (Å²) in [7, 11) is 1.42. The van der Waals surface area contributed by atoms with Crippen molar-refractivity contribution < 1.29 is 14.6 Å². The lowest BCUT2D eigenvalue weighted by molar-refractivity contribution is -0.120. The number of nitrogens with zero attached hydrogens (tertiary/aromatic N) is 1. The molecule has 0 bridgehead atoms. The molecule has 0 aliphatic carbocycles. The average Bonchev–Trinajstić information content (AvgIpc) is 2.52. The van der Waals surface area contributed by atoms with Gasteiger partial charge in [0.15, 0.2) is 11.5 Å². The van der Waals surface area contributed by atoms with Gasteiger partial charge < -0.3 is 9.84 Å². The summed E-state index contributed by atoms with van der Waals surface area (Å²) in [5, 5.41) is 14.2. The fraction of sp³-hybridized carbons (Fsp3) is 0.125. The van der Waals surface area contributed by atoms with Crippen LogP contribution in [0.25, 0.3) is 0 Å². The van der Waals surface area contributed by atoms with Gasteiger partial charge in [-0.3, -0.25) is 4.79 Å². The Morgan fingerprint density at radius 2 is 2.09 bits per heavy atom. The van der Waals surface area contributed by atoms with Crippen LogP contribution in [0.3, 0.4) is 0 Å². The van der Waals surface area contributed by atoms with Crippen molar-refractivity contribution in [3.05, 3.63) is 57.0 Å². The number of phenols is 1. The van der Waals surface area contributed by atoms with Gasteiger partial charge in [-0.2, -0.15) is 5.10 Å². The molecule has 0 aliphatic rings. The summed E-state index contributed by atoms with van der Waals surface area (Å²) in [4.78, 5) is 11.8. The number of benzene rings is 2. The Balaban J connectivity index is 2.00. The summed E-state index contributed by atoms with van der Waals surface area (Å²) in [5.74, 6) is -0.125. The van der Waals surface area contributed by atoms with Gasteiger partial charge in [0.2, 0.25) is 5.91 Å².